The molecule has 6 heteroatoms. The van der Waals surface area contributed by atoms with Gasteiger partial charge >= 0.3 is 17.9 Å². The second kappa shape index (κ2) is 72.1. The number of hydrogen-bond acceptors (Lipinski definition) is 6. The third-order valence-electron chi connectivity index (χ3n) is 17.1. The van der Waals surface area contributed by atoms with Crippen molar-refractivity contribution in [3.63, 3.8) is 0 Å². The maximum absolute atomic E-state index is 13.0. The normalized spacial score (nSPS) is 12.2. The number of rotatable bonds is 70. The molecule has 83 heavy (non-hydrogen) atoms. The first-order valence-electron chi connectivity index (χ1n) is 37.5. The number of esters is 3. The monoisotopic (exact) mass is 1170 g/mol. The maximum atomic E-state index is 13.0. The van der Waals surface area contributed by atoms with Crippen molar-refractivity contribution in [2.75, 3.05) is 13.2 Å². The Bertz CT molecular complexity index is 1380. The highest BCUT2D eigenvalue weighted by molar-refractivity contribution is 5.71. The van der Waals surface area contributed by atoms with Gasteiger partial charge in [-0.25, -0.2) is 0 Å². The molecule has 0 bridgehead atoms. The van der Waals surface area contributed by atoms with E-state index in [1.54, 1.807) is 0 Å². The summed E-state index contributed by atoms with van der Waals surface area (Å²) in [5.41, 5.74) is 0. The van der Waals surface area contributed by atoms with Crippen LogP contribution in [0.5, 0.6) is 0 Å². The lowest BCUT2D eigenvalue weighted by Crippen LogP contribution is -2.30. The molecular formula is C77H144O6. The van der Waals surface area contributed by atoms with E-state index in [-0.39, 0.29) is 31.1 Å². The molecular weight excluding hydrogens is 1020 g/mol. The number of carbonyl (C=O) groups is 3. The predicted octanol–water partition coefficient (Wildman–Crippen LogP) is 25.9. The smallest absolute Gasteiger partial charge is 0.306 e. The van der Waals surface area contributed by atoms with Gasteiger partial charge in [-0.05, 0) is 57.8 Å². The van der Waals surface area contributed by atoms with Crippen LogP contribution in [0.2, 0.25) is 0 Å². The highest BCUT2D eigenvalue weighted by Crippen LogP contribution is 2.19. The molecule has 0 amide bonds. The Morgan fingerprint density at radius 2 is 0.434 bits per heavy atom. The van der Waals surface area contributed by atoms with Crippen LogP contribution in [0, 0.1) is 0 Å². The quantitative estimate of drug-likeness (QED) is 0.0261. The largest absolute Gasteiger partial charge is 0.462 e. The van der Waals surface area contributed by atoms with E-state index in [0.717, 1.165) is 70.6 Å². The van der Waals surface area contributed by atoms with Gasteiger partial charge in [0.2, 0.25) is 0 Å². The van der Waals surface area contributed by atoms with Gasteiger partial charge in [0.15, 0.2) is 6.10 Å². The van der Waals surface area contributed by atoms with E-state index >= 15 is 0 Å². The zero-order chi connectivity index (χ0) is 59.9. The first-order chi connectivity index (χ1) is 41.0. The topological polar surface area (TPSA) is 78.9 Å². The van der Waals surface area contributed by atoms with Gasteiger partial charge in [-0.15, -0.1) is 0 Å². The lowest BCUT2D eigenvalue weighted by atomic mass is 10.0. The highest BCUT2D eigenvalue weighted by atomic mass is 16.6. The Hall–Kier alpha value is -2.37. The molecule has 0 radical (unpaired) electrons. The van der Waals surface area contributed by atoms with Gasteiger partial charge in [0.1, 0.15) is 13.2 Å². The Morgan fingerprint density at radius 1 is 0.241 bits per heavy atom. The minimum absolute atomic E-state index is 0.0643. The van der Waals surface area contributed by atoms with Gasteiger partial charge in [-0.2, -0.15) is 0 Å². The summed E-state index contributed by atoms with van der Waals surface area (Å²) in [6.45, 7) is 6.71. The Balaban J connectivity index is 4.16. The van der Waals surface area contributed by atoms with E-state index in [2.05, 4.69) is 57.2 Å². The molecule has 0 aromatic rings. The number of carbonyl (C=O) groups excluding carboxylic acids is 3. The van der Waals surface area contributed by atoms with Crippen LogP contribution in [0.25, 0.3) is 0 Å². The number of unbranched alkanes of at least 4 members (excludes halogenated alkanes) is 53. The predicted molar refractivity (Wildman–Crippen MR) is 362 cm³/mol. The average molecular weight is 1170 g/mol. The second-order valence-corrected chi connectivity index (χ2v) is 25.6. The minimum Gasteiger partial charge on any atom is -0.462 e. The summed E-state index contributed by atoms with van der Waals surface area (Å²) >= 11 is 0. The first-order valence-corrected chi connectivity index (χ1v) is 37.5. The van der Waals surface area contributed by atoms with E-state index < -0.39 is 6.10 Å². The molecule has 0 heterocycles. The Kier molecular flexibility index (Phi) is 70.0. The van der Waals surface area contributed by atoms with Crippen LogP contribution < -0.4 is 0 Å². The molecule has 0 aliphatic carbocycles. The zero-order valence-electron chi connectivity index (χ0n) is 56.2. The molecule has 0 rings (SSSR count). The molecule has 0 spiro atoms. The van der Waals surface area contributed by atoms with Gasteiger partial charge in [-0.1, -0.05) is 378 Å². The third-order valence-corrected chi connectivity index (χ3v) is 17.1. The van der Waals surface area contributed by atoms with E-state index in [4.69, 9.17) is 14.2 Å². The van der Waals surface area contributed by atoms with Crippen molar-refractivity contribution in [2.24, 2.45) is 0 Å². The lowest BCUT2D eigenvalue weighted by Gasteiger charge is -2.18. The number of hydrogen-bond donors (Lipinski definition) is 0. The van der Waals surface area contributed by atoms with Crippen LogP contribution in [0.15, 0.2) is 36.5 Å². The van der Waals surface area contributed by atoms with Gasteiger partial charge in [0, 0.05) is 19.3 Å². The van der Waals surface area contributed by atoms with Crippen molar-refractivity contribution in [2.45, 2.75) is 425 Å². The van der Waals surface area contributed by atoms with E-state index in [0.29, 0.717) is 19.3 Å². The molecule has 0 fully saturated rings. The lowest BCUT2D eigenvalue weighted by molar-refractivity contribution is -0.167. The van der Waals surface area contributed by atoms with Crippen LogP contribution in [0.3, 0.4) is 0 Å². The van der Waals surface area contributed by atoms with E-state index in [1.807, 2.05) is 0 Å². The summed E-state index contributed by atoms with van der Waals surface area (Å²) in [5.74, 6) is -0.830. The van der Waals surface area contributed by atoms with Crippen LogP contribution in [-0.2, 0) is 28.6 Å². The van der Waals surface area contributed by atoms with Gasteiger partial charge < -0.3 is 14.2 Å². The van der Waals surface area contributed by atoms with Crippen LogP contribution in [0.4, 0.5) is 0 Å². The van der Waals surface area contributed by atoms with Crippen molar-refractivity contribution < 1.29 is 28.6 Å². The van der Waals surface area contributed by atoms with Crippen molar-refractivity contribution >= 4 is 17.9 Å². The molecule has 0 aliphatic rings. The van der Waals surface area contributed by atoms with E-state index in [1.165, 1.54) is 308 Å². The van der Waals surface area contributed by atoms with Crippen molar-refractivity contribution in [1.82, 2.24) is 0 Å². The molecule has 1 atom stereocenters. The molecule has 0 aromatic heterocycles. The summed E-state index contributed by atoms with van der Waals surface area (Å²) in [5, 5.41) is 0. The van der Waals surface area contributed by atoms with E-state index in [9.17, 15) is 14.4 Å². The molecule has 0 N–H and O–H groups in total. The molecule has 488 valence electrons. The van der Waals surface area contributed by atoms with Gasteiger partial charge in [-0.3, -0.25) is 14.4 Å². The number of ether oxygens (including phenoxy) is 3. The average Bonchev–Trinajstić information content (AvgIpc) is 3.49. The van der Waals surface area contributed by atoms with Crippen molar-refractivity contribution in [3.8, 4) is 0 Å². The minimum atomic E-state index is -0.768. The van der Waals surface area contributed by atoms with Crippen LogP contribution in [0.1, 0.15) is 419 Å². The summed E-state index contributed by atoms with van der Waals surface area (Å²) in [7, 11) is 0. The summed E-state index contributed by atoms with van der Waals surface area (Å²) in [4.78, 5) is 38.5. The maximum Gasteiger partial charge on any atom is 0.306 e. The fraction of sp³-hybridized carbons (Fsp3) is 0.883. The van der Waals surface area contributed by atoms with Gasteiger partial charge in [0.05, 0.1) is 0 Å². The summed E-state index contributed by atoms with van der Waals surface area (Å²) in [6.07, 6.45) is 90.5. The Morgan fingerprint density at radius 3 is 0.675 bits per heavy atom. The molecule has 1 unspecified atom stereocenters. The molecule has 0 saturated carbocycles. The highest BCUT2D eigenvalue weighted by Gasteiger charge is 2.20. The third kappa shape index (κ3) is 70.3. The van der Waals surface area contributed by atoms with Crippen LogP contribution >= 0.6 is 0 Å². The Labute approximate surface area is 518 Å². The molecule has 0 aliphatic heterocycles. The second-order valence-electron chi connectivity index (χ2n) is 25.6. The van der Waals surface area contributed by atoms with Crippen molar-refractivity contribution in [3.05, 3.63) is 36.5 Å². The molecule has 0 aromatic carbocycles. The zero-order valence-corrected chi connectivity index (χ0v) is 56.2. The van der Waals surface area contributed by atoms with Crippen molar-refractivity contribution in [1.29, 1.82) is 0 Å². The standard InChI is InChI=1S/C77H144O6/c1-4-7-10-13-16-19-22-25-27-29-31-33-34-35-36-37-38-39-40-41-42-44-45-47-49-52-55-58-61-64-67-70-76(79)82-73-74(72-81-75(78)69-66-63-60-57-54-51-24-21-18-15-12-9-6-3)83-77(80)71-68-65-62-59-56-53-50-48-46-43-32-30-28-26-23-20-17-14-11-8-5-2/h22,25,29,31,34-35,74H,4-21,23-24,26-28,30,32-33,36-73H2,1-3H3/b25-22-,31-29-,35-34-. The van der Waals surface area contributed by atoms with Gasteiger partial charge in [0.25, 0.3) is 0 Å². The first kappa shape index (κ1) is 80.6. The number of allylic oxidation sites excluding steroid dienone is 6. The fourth-order valence-corrected chi connectivity index (χ4v) is 11.5. The molecule has 6 nitrogen and oxygen atoms in total. The molecule has 0 saturated heterocycles. The summed E-state index contributed by atoms with van der Waals surface area (Å²) < 4.78 is 17.0. The summed E-state index contributed by atoms with van der Waals surface area (Å²) in [6, 6.07) is 0. The fourth-order valence-electron chi connectivity index (χ4n) is 11.5. The van der Waals surface area contributed by atoms with Crippen LogP contribution in [-0.4, -0.2) is 37.2 Å². The SMILES string of the molecule is CCCCCCC/C=C\C/C=C\C/C=C\CCCCCCCCCCCCCCCCCCC(=O)OCC(COC(=O)CCCCCCCCCCCCCCC)OC(=O)CCCCCCCCCCCCCCCCCCCCCCC.